The van der Waals surface area contributed by atoms with Crippen LogP contribution in [0, 0.1) is 5.82 Å². The van der Waals surface area contributed by atoms with Gasteiger partial charge in [-0.2, -0.15) is 4.98 Å². The van der Waals surface area contributed by atoms with E-state index in [1.165, 1.54) is 12.1 Å². The third-order valence-electron chi connectivity index (χ3n) is 2.80. The monoisotopic (exact) mass is 323 g/mol. The Labute approximate surface area is 118 Å². The number of rotatable bonds is 3. The van der Waals surface area contributed by atoms with E-state index in [9.17, 15) is 4.39 Å². The van der Waals surface area contributed by atoms with Gasteiger partial charge in [-0.15, -0.1) is 0 Å². The lowest BCUT2D eigenvalue weighted by Crippen LogP contribution is -2.00. The maximum Gasteiger partial charge on any atom is 0.224 e. The van der Waals surface area contributed by atoms with Gasteiger partial charge in [-0.1, -0.05) is 0 Å². The van der Waals surface area contributed by atoms with Crippen LogP contribution in [0.25, 0.3) is 0 Å². The molecule has 1 saturated carbocycles. The molecule has 4 nitrogen and oxygen atoms in total. The van der Waals surface area contributed by atoms with Gasteiger partial charge in [0.2, 0.25) is 5.88 Å². The van der Waals surface area contributed by atoms with Crippen LogP contribution >= 0.6 is 15.9 Å². The zero-order valence-corrected chi connectivity index (χ0v) is 11.5. The van der Waals surface area contributed by atoms with Gasteiger partial charge in [-0.25, -0.2) is 9.37 Å². The molecule has 1 aromatic carbocycles. The molecule has 2 N–H and O–H groups in total. The number of aromatic nitrogens is 2. The molecule has 0 radical (unpaired) electrons. The Morgan fingerprint density at radius 3 is 2.74 bits per heavy atom. The highest BCUT2D eigenvalue weighted by Crippen LogP contribution is 2.39. The van der Waals surface area contributed by atoms with Gasteiger partial charge < -0.3 is 10.5 Å². The smallest absolute Gasteiger partial charge is 0.224 e. The second-order valence-electron chi connectivity index (χ2n) is 4.44. The summed E-state index contributed by atoms with van der Waals surface area (Å²) in [5, 5.41) is 0. The number of halogens is 2. The molecule has 6 heteroatoms. The van der Waals surface area contributed by atoms with E-state index < -0.39 is 0 Å². The van der Waals surface area contributed by atoms with Gasteiger partial charge in [0, 0.05) is 18.1 Å². The van der Waals surface area contributed by atoms with E-state index in [2.05, 4.69) is 25.9 Å². The summed E-state index contributed by atoms with van der Waals surface area (Å²) in [6.45, 7) is 0. The zero-order valence-electron chi connectivity index (χ0n) is 9.94. The number of ether oxygens (including phenoxy) is 1. The molecule has 0 amide bonds. The Morgan fingerprint density at radius 2 is 2.05 bits per heavy atom. The van der Waals surface area contributed by atoms with Crippen molar-refractivity contribution >= 4 is 21.7 Å². The van der Waals surface area contributed by atoms with Crippen molar-refractivity contribution in [3.8, 4) is 11.6 Å². The molecule has 1 aliphatic rings. The van der Waals surface area contributed by atoms with Crippen molar-refractivity contribution in [1.29, 1.82) is 0 Å². The van der Waals surface area contributed by atoms with Crippen molar-refractivity contribution < 1.29 is 9.13 Å². The van der Waals surface area contributed by atoms with Crippen LogP contribution < -0.4 is 10.5 Å². The van der Waals surface area contributed by atoms with E-state index in [4.69, 9.17) is 10.5 Å². The summed E-state index contributed by atoms with van der Waals surface area (Å²) < 4.78 is 19.3. The van der Waals surface area contributed by atoms with Crippen molar-refractivity contribution in [1.82, 2.24) is 9.97 Å². The predicted molar refractivity (Wildman–Crippen MR) is 72.6 cm³/mol. The number of hydrogen-bond donors (Lipinski definition) is 1. The van der Waals surface area contributed by atoms with Crippen LogP contribution in [0.1, 0.15) is 24.6 Å². The average Bonchev–Trinajstić information content (AvgIpc) is 3.17. The van der Waals surface area contributed by atoms with E-state index >= 15 is 0 Å². The summed E-state index contributed by atoms with van der Waals surface area (Å²) >= 11 is 3.09. The molecular formula is C13H11BrFN3O. The van der Waals surface area contributed by atoms with Crippen LogP contribution in [-0.4, -0.2) is 9.97 Å². The SMILES string of the molecule is Nc1cc(Oc2ccc(Br)c(F)c2)nc(C2CC2)n1. The van der Waals surface area contributed by atoms with E-state index in [-0.39, 0.29) is 5.82 Å². The minimum absolute atomic E-state index is 0.344. The van der Waals surface area contributed by atoms with Gasteiger partial charge in [-0.3, -0.25) is 0 Å². The van der Waals surface area contributed by atoms with E-state index in [1.54, 1.807) is 12.1 Å². The van der Waals surface area contributed by atoms with Crippen LogP contribution in [0.2, 0.25) is 0 Å². The van der Waals surface area contributed by atoms with Gasteiger partial charge in [0.15, 0.2) is 0 Å². The molecule has 2 aromatic rings. The van der Waals surface area contributed by atoms with Gasteiger partial charge in [0.25, 0.3) is 0 Å². The highest BCUT2D eigenvalue weighted by molar-refractivity contribution is 9.10. The lowest BCUT2D eigenvalue weighted by Gasteiger charge is -2.07. The molecule has 0 aliphatic heterocycles. The van der Waals surface area contributed by atoms with Gasteiger partial charge in [0.05, 0.1) is 4.47 Å². The fraction of sp³-hybridized carbons (Fsp3) is 0.231. The molecule has 19 heavy (non-hydrogen) atoms. The van der Waals surface area contributed by atoms with Crippen LogP contribution in [0.3, 0.4) is 0 Å². The first kappa shape index (κ1) is 12.3. The highest BCUT2D eigenvalue weighted by atomic mass is 79.9. The predicted octanol–water partition coefficient (Wildman–Crippen LogP) is 3.63. The second-order valence-corrected chi connectivity index (χ2v) is 5.30. The lowest BCUT2D eigenvalue weighted by molar-refractivity contribution is 0.454. The summed E-state index contributed by atoms with van der Waals surface area (Å²) in [6, 6.07) is 6.06. The minimum Gasteiger partial charge on any atom is -0.439 e. The Morgan fingerprint density at radius 1 is 1.26 bits per heavy atom. The maximum absolute atomic E-state index is 13.4. The Kier molecular flexibility index (Phi) is 3.10. The molecule has 0 unspecified atom stereocenters. The third-order valence-corrected chi connectivity index (χ3v) is 3.44. The minimum atomic E-state index is -0.387. The van der Waals surface area contributed by atoms with Crippen molar-refractivity contribution in [3.05, 3.63) is 40.4 Å². The summed E-state index contributed by atoms with van der Waals surface area (Å²) in [5.74, 6) is 1.78. The molecule has 3 rings (SSSR count). The number of benzene rings is 1. The van der Waals surface area contributed by atoms with Crippen LogP contribution in [0.15, 0.2) is 28.7 Å². The topological polar surface area (TPSA) is 61.0 Å². The van der Waals surface area contributed by atoms with Crippen molar-refractivity contribution in [3.63, 3.8) is 0 Å². The molecule has 0 spiro atoms. The van der Waals surface area contributed by atoms with E-state index in [1.807, 2.05) is 0 Å². The van der Waals surface area contributed by atoms with Crippen LogP contribution in [0.5, 0.6) is 11.6 Å². The lowest BCUT2D eigenvalue weighted by atomic mass is 10.3. The number of nitrogens with two attached hydrogens (primary N) is 1. The molecular weight excluding hydrogens is 313 g/mol. The number of nitrogens with zero attached hydrogens (tertiary/aromatic N) is 2. The number of nitrogen functional groups attached to an aromatic ring is 1. The van der Waals surface area contributed by atoms with Crippen molar-refractivity contribution in [2.24, 2.45) is 0 Å². The standard InChI is InChI=1S/C13H11BrFN3O/c14-9-4-3-8(5-10(9)15)19-12-6-11(16)17-13(18-12)7-1-2-7/h3-7H,1-2H2,(H2,16,17,18). The van der Waals surface area contributed by atoms with Gasteiger partial charge in [0.1, 0.15) is 23.2 Å². The van der Waals surface area contributed by atoms with E-state index in [0.29, 0.717) is 33.7 Å². The van der Waals surface area contributed by atoms with Crippen molar-refractivity contribution in [2.45, 2.75) is 18.8 Å². The van der Waals surface area contributed by atoms with Crippen LogP contribution in [0.4, 0.5) is 10.2 Å². The Hall–Kier alpha value is -1.69. The fourth-order valence-corrected chi connectivity index (χ4v) is 1.95. The first-order chi connectivity index (χ1) is 9.11. The van der Waals surface area contributed by atoms with Crippen molar-refractivity contribution in [2.75, 3.05) is 5.73 Å². The summed E-state index contributed by atoms with van der Waals surface area (Å²) in [4.78, 5) is 8.47. The molecule has 1 aromatic heterocycles. The van der Waals surface area contributed by atoms with Gasteiger partial charge in [-0.05, 0) is 40.9 Å². The third kappa shape index (κ3) is 2.84. The second kappa shape index (κ2) is 4.77. The number of hydrogen-bond acceptors (Lipinski definition) is 4. The molecule has 0 bridgehead atoms. The summed E-state index contributed by atoms with van der Waals surface area (Å²) in [7, 11) is 0. The van der Waals surface area contributed by atoms with Gasteiger partial charge >= 0.3 is 0 Å². The Bertz CT molecular complexity index is 631. The first-order valence-electron chi connectivity index (χ1n) is 5.89. The number of anilines is 1. The normalized spacial score (nSPS) is 14.4. The largest absolute Gasteiger partial charge is 0.439 e. The zero-order chi connectivity index (χ0) is 13.4. The molecule has 1 heterocycles. The first-order valence-corrected chi connectivity index (χ1v) is 6.68. The molecule has 98 valence electrons. The Balaban J connectivity index is 1.87. The molecule has 1 fully saturated rings. The fourth-order valence-electron chi connectivity index (χ4n) is 1.70. The average molecular weight is 324 g/mol. The highest BCUT2D eigenvalue weighted by Gasteiger charge is 2.27. The molecule has 0 atom stereocenters. The summed E-state index contributed by atoms with van der Waals surface area (Å²) in [6.07, 6.45) is 2.16. The van der Waals surface area contributed by atoms with E-state index in [0.717, 1.165) is 12.8 Å². The summed E-state index contributed by atoms with van der Waals surface area (Å²) in [5.41, 5.74) is 5.72. The maximum atomic E-state index is 13.4. The molecule has 0 saturated heterocycles. The quantitative estimate of drug-likeness (QED) is 0.936. The van der Waals surface area contributed by atoms with Crippen LogP contribution in [-0.2, 0) is 0 Å². The molecule has 1 aliphatic carbocycles.